The summed E-state index contributed by atoms with van der Waals surface area (Å²) >= 11 is 0. The molecule has 0 aromatic heterocycles. The van der Waals surface area contributed by atoms with Crippen molar-refractivity contribution in [2.45, 2.75) is 30.4 Å². The molecule has 3 rings (SSSR count). The van der Waals surface area contributed by atoms with Crippen molar-refractivity contribution in [3.63, 3.8) is 0 Å². The fraction of sp³-hybridized carbons (Fsp3) is 0.294. The van der Waals surface area contributed by atoms with E-state index in [1.54, 1.807) is 31.2 Å². The second-order valence-corrected chi connectivity index (χ2v) is 7.72. The monoisotopic (exact) mass is 317 g/mol. The quantitative estimate of drug-likeness (QED) is 0.945. The van der Waals surface area contributed by atoms with Crippen molar-refractivity contribution in [1.29, 1.82) is 0 Å². The maximum absolute atomic E-state index is 12.7. The smallest absolute Gasteiger partial charge is 0.243 e. The zero-order valence-electron chi connectivity index (χ0n) is 12.6. The van der Waals surface area contributed by atoms with Gasteiger partial charge in [-0.2, -0.15) is 4.31 Å². The predicted molar refractivity (Wildman–Crippen MR) is 84.9 cm³/mol. The van der Waals surface area contributed by atoms with Gasteiger partial charge in [-0.15, -0.1) is 0 Å². The number of hydrogen-bond donors (Lipinski definition) is 1. The minimum Gasteiger partial charge on any atom is -0.382 e. The molecule has 0 radical (unpaired) electrons. The van der Waals surface area contributed by atoms with Gasteiger partial charge in [0.2, 0.25) is 10.0 Å². The average molecular weight is 317 g/mol. The molecule has 1 heterocycles. The maximum atomic E-state index is 12.7. The minimum absolute atomic E-state index is 0.0778. The van der Waals surface area contributed by atoms with Crippen LogP contribution in [0.4, 0.5) is 0 Å². The Balaban J connectivity index is 1.88. The third-order valence-corrected chi connectivity index (χ3v) is 6.35. The first-order valence-corrected chi connectivity index (χ1v) is 8.66. The molecule has 4 nitrogen and oxygen atoms in total. The van der Waals surface area contributed by atoms with Gasteiger partial charge >= 0.3 is 0 Å². The Labute approximate surface area is 131 Å². The summed E-state index contributed by atoms with van der Waals surface area (Å²) in [5.74, 6) is 0. The van der Waals surface area contributed by atoms with Crippen LogP contribution in [-0.2, 0) is 15.6 Å². The van der Waals surface area contributed by atoms with Crippen molar-refractivity contribution in [3.05, 3.63) is 65.7 Å². The molecule has 0 unspecified atom stereocenters. The Morgan fingerprint density at radius 1 is 1.09 bits per heavy atom. The first kappa shape index (κ1) is 15.2. The highest BCUT2D eigenvalue weighted by Gasteiger charge is 2.54. The Hall–Kier alpha value is -1.69. The van der Waals surface area contributed by atoms with Gasteiger partial charge in [0, 0.05) is 6.54 Å². The summed E-state index contributed by atoms with van der Waals surface area (Å²) in [6, 6.07) is 15.5. The molecule has 0 amide bonds. The second kappa shape index (κ2) is 5.19. The number of hydrogen-bond acceptors (Lipinski definition) is 3. The van der Waals surface area contributed by atoms with Gasteiger partial charge in [-0.3, -0.25) is 0 Å². The molecule has 1 saturated heterocycles. The van der Waals surface area contributed by atoms with Crippen LogP contribution in [0.2, 0.25) is 0 Å². The van der Waals surface area contributed by atoms with Crippen molar-refractivity contribution in [2.75, 3.05) is 6.54 Å². The molecule has 22 heavy (non-hydrogen) atoms. The van der Waals surface area contributed by atoms with E-state index >= 15 is 0 Å². The average Bonchev–Trinajstić information content (AvgIpc) is 2.53. The van der Waals surface area contributed by atoms with Gasteiger partial charge in [-0.1, -0.05) is 48.0 Å². The second-order valence-electron chi connectivity index (χ2n) is 5.83. The van der Waals surface area contributed by atoms with Crippen molar-refractivity contribution in [1.82, 2.24) is 4.31 Å². The first-order chi connectivity index (χ1) is 10.4. The molecule has 116 valence electrons. The summed E-state index contributed by atoms with van der Waals surface area (Å²) in [5, 5.41) is 10.8. The molecule has 0 bridgehead atoms. The highest BCUT2D eigenvalue weighted by atomic mass is 32.2. The van der Waals surface area contributed by atoms with Gasteiger partial charge in [0.1, 0.15) is 5.60 Å². The number of benzene rings is 2. The van der Waals surface area contributed by atoms with Gasteiger partial charge in [0.15, 0.2) is 0 Å². The van der Waals surface area contributed by atoms with E-state index in [2.05, 4.69) is 0 Å². The van der Waals surface area contributed by atoms with Gasteiger partial charge in [-0.25, -0.2) is 8.42 Å². The molecule has 0 spiro atoms. The van der Waals surface area contributed by atoms with E-state index in [1.165, 1.54) is 4.31 Å². The molecule has 2 aromatic carbocycles. The number of rotatable bonds is 3. The van der Waals surface area contributed by atoms with E-state index < -0.39 is 21.7 Å². The number of nitrogens with zero attached hydrogens (tertiary/aromatic N) is 1. The van der Waals surface area contributed by atoms with E-state index in [4.69, 9.17) is 0 Å². The van der Waals surface area contributed by atoms with E-state index in [1.807, 2.05) is 37.3 Å². The van der Waals surface area contributed by atoms with Gasteiger partial charge < -0.3 is 5.11 Å². The zero-order chi connectivity index (χ0) is 16.0. The largest absolute Gasteiger partial charge is 0.382 e. The van der Waals surface area contributed by atoms with Crippen LogP contribution in [0.5, 0.6) is 0 Å². The van der Waals surface area contributed by atoms with Crippen molar-refractivity contribution in [2.24, 2.45) is 0 Å². The van der Waals surface area contributed by atoms with Crippen molar-refractivity contribution in [3.8, 4) is 0 Å². The van der Waals surface area contributed by atoms with E-state index in [9.17, 15) is 13.5 Å². The molecule has 2 atom stereocenters. The van der Waals surface area contributed by atoms with Gasteiger partial charge in [0.25, 0.3) is 0 Å². The van der Waals surface area contributed by atoms with Crippen LogP contribution in [0.3, 0.4) is 0 Å². The summed E-state index contributed by atoms with van der Waals surface area (Å²) < 4.78 is 26.7. The standard InChI is InChI=1S/C17H19NO3S/c1-13-8-10-16(11-9-13)22(20,21)18-12-17(19,14(18)2)15-6-4-3-5-7-15/h3-11,14,19H,12H2,1-2H3/t14-,17-/m0/s1. The van der Waals surface area contributed by atoms with Crippen molar-refractivity contribution < 1.29 is 13.5 Å². The maximum Gasteiger partial charge on any atom is 0.243 e. The summed E-state index contributed by atoms with van der Waals surface area (Å²) in [7, 11) is -3.57. The third kappa shape index (κ3) is 2.26. The molecule has 5 heteroatoms. The first-order valence-electron chi connectivity index (χ1n) is 7.22. The number of sulfonamides is 1. The molecule has 2 aromatic rings. The van der Waals surface area contributed by atoms with Crippen LogP contribution >= 0.6 is 0 Å². The SMILES string of the molecule is Cc1ccc(S(=O)(=O)N2C[C@@](O)(c3ccccc3)[C@@H]2C)cc1. The number of aliphatic hydroxyl groups is 1. The topological polar surface area (TPSA) is 57.6 Å². The van der Waals surface area contributed by atoms with E-state index in [0.717, 1.165) is 11.1 Å². The summed E-state index contributed by atoms with van der Waals surface area (Å²) in [5.41, 5.74) is 0.633. The highest BCUT2D eigenvalue weighted by molar-refractivity contribution is 7.89. The Kier molecular flexibility index (Phi) is 3.59. The summed E-state index contributed by atoms with van der Waals surface area (Å²) in [6.45, 7) is 3.73. The lowest BCUT2D eigenvalue weighted by molar-refractivity contribution is -0.112. The summed E-state index contributed by atoms with van der Waals surface area (Å²) in [4.78, 5) is 0.264. The Morgan fingerprint density at radius 2 is 1.68 bits per heavy atom. The van der Waals surface area contributed by atoms with E-state index in [0.29, 0.717) is 0 Å². The zero-order valence-corrected chi connectivity index (χ0v) is 13.4. The van der Waals surface area contributed by atoms with Gasteiger partial charge in [0.05, 0.1) is 10.9 Å². The minimum atomic E-state index is -3.57. The Morgan fingerprint density at radius 3 is 2.23 bits per heavy atom. The number of aryl methyl sites for hydroxylation is 1. The fourth-order valence-corrected chi connectivity index (χ4v) is 4.54. The lowest BCUT2D eigenvalue weighted by atomic mass is 9.81. The van der Waals surface area contributed by atoms with Crippen LogP contribution in [0.25, 0.3) is 0 Å². The van der Waals surface area contributed by atoms with Crippen LogP contribution in [0, 0.1) is 6.92 Å². The van der Waals surface area contributed by atoms with Crippen LogP contribution in [0.15, 0.2) is 59.5 Å². The molecular weight excluding hydrogens is 298 g/mol. The van der Waals surface area contributed by atoms with Crippen molar-refractivity contribution >= 4 is 10.0 Å². The third-order valence-electron chi connectivity index (χ3n) is 4.42. The highest BCUT2D eigenvalue weighted by Crippen LogP contribution is 2.41. The molecule has 1 aliphatic heterocycles. The lowest BCUT2D eigenvalue weighted by Crippen LogP contribution is -2.67. The molecule has 1 aliphatic rings. The van der Waals surface area contributed by atoms with Gasteiger partial charge in [-0.05, 0) is 31.5 Å². The molecule has 0 saturated carbocycles. The van der Waals surface area contributed by atoms with Crippen LogP contribution in [-0.4, -0.2) is 30.4 Å². The van der Waals surface area contributed by atoms with E-state index in [-0.39, 0.29) is 11.4 Å². The lowest BCUT2D eigenvalue weighted by Gasteiger charge is -2.51. The predicted octanol–water partition coefficient (Wildman–Crippen LogP) is 2.28. The van der Waals surface area contributed by atoms with Crippen LogP contribution < -0.4 is 0 Å². The normalized spacial score (nSPS) is 25.7. The van der Waals surface area contributed by atoms with Crippen LogP contribution in [0.1, 0.15) is 18.1 Å². The molecule has 1 fully saturated rings. The number of β-amino-alcohol motifs (C(OH)–C–C–N with tert-alkyl or cyclic N) is 1. The fourth-order valence-electron chi connectivity index (χ4n) is 2.83. The summed E-state index contributed by atoms with van der Waals surface area (Å²) in [6.07, 6.45) is 0. The Bertz CT molecular complexity index is 771. The molecular formula is C17H19NO3S. The molecule has 0 aliphatic carbocycles. The molecule has 1 N–H and O–H groups in total.